The zero-order valence-electron chi connectivity index (χ0n) is 11.0. The van der Waals surface area contributed by atoms with Gasteiger partial charge in [0, 0.05) is 17.0 Å². The number of carbonyl (C=O) groups is 2. The molecule has 5 nitrogen and oxygen atoms in total. The second-order valence-electron chi connectivity index (χ2n) is 4.90. The minimum atomic E-state index is -0.777. The van der Waals surface area contributed by atoms with E-state index in [2.05, 4.69) is 5.32 Å². The highest BCUT2D eigenvalue weighted by Gasteiger charge is 2.49. The number of nitrogens with one attached hydrogen (secondary N) is 1. The summed E-state index contributed by atoms with van der Waals surface area (Å²) in [4.78, 5) is 25.7. The van der Waals surface area contributed by atoms with Gasteiger partial charge in [-0.05, 0) is 5.56 Å². The molecule has 0 aliphatic carbocycles. The topological polar surface area (TPSA) is 75.4 Å². The molecule has 1 saturated heterocycles. The standard InChI is InChI=1S/C14H14ClN3O2S/c15-9-6-18-13(20)11(14(18)21-7-9)17-12(19)10(16)8-4-2-1-3-5-8/h1-6,10-11,14H,7,16H2,(H,17,19)/t10-,11-,14+/m1/s1. The van der Waals surface area contributed by atoms with E-state index in [0.717, 1.165) is 5.56 Å². The molecule has 0 spiro atoms. The summed E-state index contributed by atoms with van der Waals surface area (Å²) in [7, 11) is 0. The average molecular weight is 324 g/mol. The Morgan fingerprint density at radius 1 is 1.43 bits per heavy atom. The minimum Gasteiger partial charge on any atom is -0.340 e. The van der Waals surface area contributed by atoms with Gasteiger partial charge >= 0.3 is 0 Å². The van der Waals surface area contributed by atoms with Gasteiger partial charge in [-0.2, -0.15) is 0 Å². The van der Waals surface area contributed by atoms with Gasteiger partial charge in [-0.15, -0.1) is 11.8 Å². The van der Waals surface area contributed by atoms with Crippen LogP contribution in [-0.4, -0.2) is 33.9 Å². The average Bonchev–Trinajstić information content (AvgIpc) is 2.52. The number of fused-ring (bicyclic) bond motifs is 1. The molecular weight excluding hydrogens is 310 g/mol. The van der Waals surface area contributed by atoms with Crippen LogP contribution in [0.25, 0.3) is 0 Å². The monoisotopic (exact) mass is 323 g/mol. The molecule has 7 heteroatoms. The Morgan fingerprint density at radius 3 is 2.86 bits per heavy atom. The summed E-state index contributed by atoms with van der Waals surface area (Å²) in [6.45, 7) is 0. The number of halogens is 1. The maximum absolute atomic E-state index is 12.2. The lowest BCUT2D eigenvalue weighted by molar-refractivity contribution is -0.145. The molecule has 2 heterocycles. The van der Waals surface area contributed by atoms with Crippen molar-refractivity contribution in [3.63, 3.8) is 0 Å². The first-order valence-electron chi connectivity index (χ1n) is 6.49. The molecule has 2 amide bonds. The third-order valence-electron chi connectivity index (χ3n) is 3.49. The number of nitrogens with two attached hydrogens (primary N) is 1. The van der Waals surface area contributed by atoms with Crippen LogP contribution >= 0.6 is 23.4 Å². The van der Waals surface area contributed by atoms with Crippen molar-refractivity contribution >= 4 is 35.2 Å². The molecule has 0 saturated carbocycles. The van der Waals surface area contributed by atoms with E-state index >= 15 is 0 Å². The maximum Gasteiger partial charge on any atom is 0.253 e. The van der Waals surface area contributed by atoms with Crippen molar-refractivity contribution in [1.29, 1.82) is 0 Å². The zero-order valence-corrected chi connectivity index (χ0v) is 12.6. The van der Waals surface area contributed by atoms with E-state index in [0.29, 0.717) is 10.8 Å². The van der Waals surface area contributed by atoms with Gasteiger partial charge in [0.2, 0.25) is 5.91 Å². The van der Waals surface area contributed by atoms with Gasteiger partial charge in [-0.1, -0.05) is 41.9 Å². The summed E-state index contributed by atoms with van der Waals surface area (Å²) in [6.07, 6.45) is 1.63. The molecule has 0 bridgehead atoms. The van der Waals surface area contributed by atoms with Crippen LogP contribution in [0.2, 0.25) is 0 Å². The summed E-state index contributed by atoms with van der Waals surface area (Å²) in [5, 5.41) is 3.27. The molecule has 0 unspecified atom stereocenters. The highest BCUT2D eigenvalue weighted by molar-refractivity contribution is 8.00. The van der Waals surface area contributed by atoms with Crippen LogP contribution in [-0.2, 0) is 9.59 Å². The van der Waals surface area contributed by atoms with Crippen LogP contribution in [0.1, 0.15) is 11.6 Å². The van der Waals surface area contributed by atoms with Gasteiger partial charge in [0.05, 0.1) is 0 Å². The molecule has 3 rings (SSSR count). The van der Waals surface area contributed by atoms with Gasteiger partial charge in [0.1, 0.15) is 17.5 Å². The quantitative estimate of drug-likeness (QED) is 0.819. The highest BCUT2D eigenvalue weighted by Crippen LogP contribution is 2.37. The number of nitrogens with zero attached hydrogens (tertiary/aromatic N) is 1. The molecule has 2 aliphatic heterocycles. The molecule has 110 valence electrons. The predicted molar refractivity (Wildman–Crippen MR) is 82.3 cm³/mol. The summed E-state index contributed by atoms with van der Waals surface area (Å²) in [5.41, 5.74) is 6.64. The van der Waals surface area contributed by atoms with Gasteiger partial charge in [0.25, 0.3) is 5.91 Å². The van der Waals surface area contributed by atoms with Crippen molar-refractivity contribution < 1.29 is 9.59 Å². The van der Waals surface area contributed by atoms with Gasteiger partial charge in [0.15, 0.2) is 0 Å². The number of β-lactam (4-membered cyclic amide) rings is 1. The highest BCUT2D eigenvalue weighted by atomic mass is 35.5. The van der Waals surface area contributed by atoms with Crippen molar-refractivity contribution in [1.82, 2.24) is 10.2 Å². The van der Waals surface area contributed by atoms with Crippen LogP contribution in [0.3, 0.4) is 0 Å². The Kier molecular flexibility index (Phi) is 3.93. The lowest BCUT2D eigenvalue weighted by Crippen LogP contribution is -2.68. The SMILES string of the molecule is N[C@@H](C(=O)N[C@@H]1C(=O)N2C=C(Cl)CS[C@@H]12)c1ccccc1. The number of hydrogen-bond acceptors (Lipinski definition) is 4. The Labute approximate surface area is 131 Å². The predicted octanol–water partition coefficient (Wildman–Crippen LogP) is 1.17. The fourth-order valence-corrected chi connectivity index (χ4v) is 3.74. The van der Waals surface area contributed by atoms with Crippen LogP contribution < -0.4 is 11.1 Å². The zero-order chi connectivity index (χ0) is 15.0. The second kappa shape index (κ2) is 5.71. The number of benzene rings is 1. The Hall–Kier alpha value is -1.50. The molecular formula is C14H14ClN3O2S. The summed E-state index contributed by atoms with van der Waals surface area (Å²) >= 11 is 7.43. The smallest absolute Gasteiger partial charge is 0.253 e. The number of thioether (sulfide) groups is 1. The molecule has 21 heavy (non-hydrogen) atoms. The van der Waals surface area contributed by atoms with Crippen molar-refractivity contribution in [2.24, 2.45) is 5.73 Å². The van der Waals surface area contributed by atoms with Crippen molar-refractivity contribution in [2.75, 3.05) is 5.75 Å². The van der Waals surface area contributed by atoms with Crippen molar-refractivity contribution in [2.45, 2.75) is 17.5 Å². The number of rotatable bonds is 3. The molecule has 0 radical (unpaired) electrons. The normalized spacial score (nSPS) is 25.5. The fraction of sp³-hybridized carbons (Fsp3) is 0.286. The van der Waals surface area contributed by atoms with E-state index < -0.39 is 12.1 Å². The number of amides is 2. The lowest BCUT2D eigenvalue weighted by atomic mass is 10.0. The molecule has 1 aromatic rings. The van der Waals surface area contributed by atoms with Crippen LogP contribution in [0.15, 0.2) is 41.6 Å². The maximum atomic E-state index is 12.2. The minimum absolute atomic E-state index is 0.0908. The molecule has 2 aliphatic rings. The molecule has 1 fully saturated rings. The first-order valence-corrected chi connectivity index (χ1v) is 7.91. The third-order valence-corrected chi connectivity index (χ3v) is 5.20. The van der Waals surface area contributed by atoms with Crippen LogP contribution in [0.4, 0.5) is 0 Å². The largest absolute Gasteiger partial charge is 0.340 e. The first kappa shape index (κ1) is 14.4. The van der Waals surface area contributed by atoms with Crippen LogP contribution in [0.5, 0.6) is 0 Å². The van der Waals surface area contributed by atoms with Crippen molar-refractivity contribution in [3.05, 3.63) is 47.1 Å². The second-order valence-corrected chi connectivity index (χ2v) is 6.49. The summed E-state index contributed by atoms with van der Waals surface area (Å²) in [5.74, 6) is 0.145. The van der Waals surface area contributed by atoms with E-state index in [1.54, 1.807) is 23.2 Å². The van der Waals surface area contributed by atoms with Crippen LogP contribution in [0, 0.1) is 0 Å². The van der Waals surface area contributed by atoms with E-state index in [1.165, 1.54) is 11.8 Å². The lowest BCUT2D eigenvalue weighted by Gasteiger charge is -2.47. The van der Waals surface area contributed by atoms with Gasteiger partial charge in [-0.25, -0.2) is 0 Å². The Bertz CT molecular complexity index is 607. The number of carbonyl (C=O) groups excluding carboxylic acids is 2. The van der Waals surface area contributed by atoms with E-state index in [9.17, 15) is 9.59 Å². The molecule has 3 N–H and O–H groups in total. The van der Waals surface area contributed by atoms with Gasteiger partial charge in [-0.3, -0.25) is 9.59 Å². The third kappa shape index (κ3) is 2.66. The van der Waals surface area contributed by atoms with Crippen molar-refractivity contribution in [3.8, 4) is 0 Å². The molecule has 3 atom stereocenters. The fourth-order valence-electron chi connectivity index (χ4n) is 2.34. The van der Waals surface area contributed by atoms with Gasteiger partial charge < -0.3 is 16.0 Å². The van der Waals surface area contributed by atoms with E-state index in [4.69, 9.17) is 17.3 Å². The Balaban J connectivity index is 1.65. The summed E-state index contributed by atoms with van der Waals surface area (Å²) in [6, 6.07) is 7.77. The number of hydrogen-bond donors (Lipinski definition) is 2. The van der Waals surface area contributed by atoms with E-state index in [-0.39, 0.29) is 17.2 Å². The molecule has 1 aromatic carbocycles. The summed E-state index contributed by atoms with van der Waals surface area (Å²) < 4.78 is 0. The Morgan fingerprint density at radius 2 is 2.14 bits per heavy atom. The van der Waals surface area contributed by atoms with E-state index in [1.807, 2.05) is 18.2 Å². The first-order chi connectivity index (χ1) is 10.1. The molecule has 0 aromatic heterocycles.